The number of carbonyl (C=O) groups is 2. The number of pyridine rings is 1. The van der Waals surface area contributed by atoms with E-state index in [2.05, 4.69) is 14.9 Å². The molecule has 0 saturated carbocycles. The first-order chi connectivity index (χ1) is 15.5. The van der Waals surface area contributed by atoms with E-state index in [9.17, 15) is 9.59 Å². The number of para-hydroxylation sites is 1. The van der Waals surface area contributed by atoms with E-state index in [1.807, 2.05) is 52.7 Å². The smallest absolute Gasteiger partial charge is 0.246 e. The molecule has 164 valence electrons. The number of hydrogen-bond acceptors (Lipinski definition) is 6. The lowest BCUT2D eigenvalue weighted by Gasteiger charge is -2.34. The molecule has 1 aliphatic heterocycles. The molecule has 3 heterocycles. The molecule has 1 aliphatic rings. The number of hydrogen-bond donors (Lipinski definition) is 0. The van der Waals surface area contributed by atoms with Gasteiger partial charge in [-0.1, -0.05) is 29.8 Å². The number of benzene rings is 1. The van der Waals surface area contributed by atoms with Crippen LogP contribution in [0.4, 0.5) is 16.6 Å². The highest BCUT2D eigenvalue weighted by Crippen LogP contribution is 2.29. The van der Waals surface area contributed by atoms with Gasteiger partial charge in [0.15, 0.2) is 5.13 Å². The minimum Gasteiger partial charge on any atom is -0.353 e. The second kappa shape index (κ2) is 9.93. The molecule has 32 heavy (non-hydrogen) atoms. The van der Waals surface area contributed by atoms with E-state index in [-0.39, 0.29) is 11.8 Å². The number of nitrogens with zero attached hydrogens (tertiary/aromatic N) is 5. The van der Waals surface area contributed by atoms with Crippen LogP contribution in [0.1, 0.15) is 12.6 Å². The van der Waals surface area contributed by atoms with Crippen molar-refractivity contribution < 1.29 is 9.59 Å². The summed E-state index contributed by atoms with van der Waals surface area (Å²) in [7, 11) is 0. The van der Waals surface area contributed by atoms with Crippen LogP contribution in [0, 0.1) is 0 Å². The fraction of sp³-hybridized carbons (Fsp3) is 0.217. The second-order valence-corrected chi connectivity index (χ2v) is 8.50. The molecule has 3 aromatic rings. The number of thiazole rings is 1. The van der Waals surface area contributed by atoms with Gasteiger partial charge in [-0.25, -0.2) is 9.97 Å². The lowest BCUT2D eigenvalue weighted by atomic mass is 10.3. The first-order valence-electron chi connectivity index (χ1n) is 10.2. The minimum atomic E-state index is -0.120. The molecule has 7 nitrogen and oxygen atoms in total. The van der Waals surface area contributed by atoms with E-state index in [4.69, 9.17) is 11.6 Å². The highest BCUT2D eigenvalue weighted by molar-refractivity contribution is 7.14. The molecule has 0 spiro atoms. The van der Waals surface area contributed by atoms with Gasteiger partial charge in [0.05, 0.1) is 16.4 Å². The van der Waals surface area contributed by atoms with Crippen LogP contribution in [-0.4, -0.2) is 52.9 Å². The summed E-state index contributed by atoms with van der Waals surface area (Å²) in [4.78, 5) is 39.2. The molecule has 0 N–H and O–H groups in total. The average Bonchev–Trinajstić information content (AvgIpc) is 3.27. The van der Waals surface area contributed by atoms with E-state index in [1.54, 1.807) is 17.2 Å². The number of amides is 2. The quantitative estimate of drug-likeness (QED) is 0.525. The third-order valence-electron chi connectivity index (χ3n) is 5.05. The Hall–Kier alpha value is -3.23. The third kappa shape index (κ3) is 5.15. The van der Waals surface area contributed by atoms with Crippen molar-refractivity contribution >= 4 is 57.5 Å². The zero-order valence-electron chi connectivity index (χ0n) is 17.5. The van der Waals surface area contributed by atoms with Crippen LogP contribution < -0.4 is 9.80 Å². The Bertz CT molecular complexity index is 1110. The predicted octanol–water partition coefficient (Wildman–Crippen LogP) is 4.24. The molecule has 1 aromatic carbocycles. The van der Waals surface area contributed by atoms with Gasteiger partial charge >= 0.3 is 0 Å². The molecular weight excluding hydrogens is 446 g/mol. The molecule has 0 bridgehead atoms. The Balaban J connectivity index is 1.37. The van der Waals surface area contributed by atoms with Crippen LogP contribution in [0.15, 0.2) is 60.1 Å². The number of anilines is 3. The predicted molar refractivity (Wildman–Crippen MR) is 128 cm³/mol. The lowest BCUT2D eigenvalue weighted by molar-refractivity contribution is -0.126. The standard InChI is InChI=1S/C23H22ClN5O2S/c1-17(30)29(20-5-3-2-4-6-20)23-26-19(16-32-23)8-10-22(31)28-13-11-27(12-14-28)21-9-7-18(24)15-25-21/h2-10,15-16H,11-14H2,1H3/b10-8+. The van der Waals surface area contributed by atoms with Gasteiger partial charge in [0, 0.05) is 50.8 Å². The van der Waals surface area contributed by atoms with E-state index in [0.717, 1.165) is 11.5 Å². The summed E-state index contributed by atoms with van der Waals surface area (Å²) in [6.45, 7) is 4.15. The molecule has 4 rings (SSSR count). The van der Waals surface area contributed by atoms with Crippen molar-refractivity contribution in [2.24, 2.45) is 0 Å². The molecular formula is C23H22ClN5O2S. The molecule has 2 amide bonds. The lowest BCUT2D eigenvalue weighted by Crippen LogP contribution is -2.48. The average molecular weight is 468 g/mol. The van der Waals surface area contributed by atoms with Gasteiger partial charge in [-0.2, -0.15) is 0 Å². The monoisotopic (exact) mass is 467 g/mol. The van der Waals surface area contributed by atoms with Crippen molar-refractivity contribution in [2.45, 2.75) is 6.92 Å². The normalized spacial score (nSPS) is 14.1. The third-order valence-corrected chi connectivity index (χ3v) is 6.12. The summed E-state index contributed by atoms with van der Waals surface area (Å²) in [6, 6.07) is 13.1. The summed E-state index contributed by atoms with van der Waals surface area (Å²) in [6.07, 6.45) is 4.86. The number of aromatic nitrogens is 2. The highest BCUT2D eigenvalue weighted by Gasteiger charge is 2.21. The van der Waals surface area contributed by atoms with Crippen LogP contribution in [-0.2, 0) is 9.59 Å². The summed E-state index contributed by atoms with van der Waals surface area (Å²) in [5.41, 5.74) is 1.40. The zero-order chi connectivity index (χ0) is 22.5. The molecule has 0 aliphatic carbocycles. The number of rotatable bonds is 5. The molecule has 0 radical (unpaired) electrons. The maximum absolute atomic E-state index is 12.6. The van der Waals surface area contributed by atoms with Gasteiger partial charge in [0.2, 0.25) is 11.8 Å². The van der Waals surface area contributed by atoms with Gasteiger partial charge in [0.25, 0.3) is 0 Å². The Kier molecular flexibility index (Phi) is 6.82. The van der Waals surface area contributed by atoms with Gasteiger partial charge in [-0.3, -0.25) is 14.5 Å². The maximum Gasteiger partial charge on any atom is 0.246 e. The molecule has 1 fully saturated rings. The largest absolute Gasteiger partial charge is 0.353 e. The van der Waals surface area contributed by atoms with E-state index >= 15 is 0 Å². The first-order valence-corrected chi connectivity index (χ1v) is 11.4. The molecule has 2 aromatic heterocycles. The number of piperazine rings is 1. The summed E-state index contributed by atoms with van der Waals surface area (Å²) < 4.78 is 0. The fourth-order valence-corrected chi connectivity index (χ4v) is 4.40. The van der Waals surface area contributed by atoms with Crippen LogP contribution in [0.3, 0.4) is 0 Å². The van der Waals surface area contributed by atoms with Gasteiger partial charge in [-0.05, 0) is 30.3 Å². The minimum absolute atomic E-state index is 0.0604. The van der Waals surface area contributed by atoms with Crippen LogP contribution in [0.25, 0.3) is 6.08 Å². The topological polar surface area (TPSA) is 69.6 Å². The Morgan fingerprint density at radius 3 is 2.50 bits per heavy atom. The SMILES string of the molecule is CC(=O)N(c1ccccc1)c1nc(/C=C/C(=O)N2CCN(c3ccc(Cl)cn3)CC2)cs1. The molecule has 0 unspecified atom stereocenters. The van der Waals surface area contributed by atoms with Crippen molar-refractivity contribution in [3.63, 3.8) is 0 Å². The van der Waals surface area contributed by atoms with Crippen molar-refractivity contribution in [1.82, 2.24) is 14.9 Å². The van der Waals surface area contributed by atoms with Crippen molar-refractivity contribution in [3.05, 3.63) is 70.8 Å². The van der Waals surface area contributed by atoms with E-state index in [1.165, 1.54) is 24.3 Å². The van der Waals surface area contributed by atoms with Crippen LogP contribution >= 0.6 is 22.9 Å². The maximum atomic E-state index is 12.6. The van der Waals surface area contributed by atoms with Gasteiger partial charge in [-0.15, -0.1) is 11.3 Å². The fourth-order valence-electron chi connectivity index (χ4n) is 3.43. The van der Waals surface area contributed by atoms with Crippen molar-refractivity contribution in [1.29, 1.82) is 0 Å². The van der Waals surface area contributed by atoms with Crippen LogP contribution in [0.2, 0.25) is 5.02 Å². The second-order valence-electron chi connectivity index (χ2n) is 7.23. The van der Waals surface area contributed by atoms with Gasteiger partial charge in [0.1, 0.15) is 5.82 Å². The number of carbonyl (C=O) groups excluding carboxylic acids is 2. The molecule has 0 atom stereocenters. The highest BCUT2D eigenvalue weighted by atomic mass is 35.5. The Morgan fingerprint density at radius 2 is 1.84 bits per heavy atom. The zero-order valence-corrected chi connectivity index (χ0v) is 19.1. The van der Waals surface area contributed by atoms with Crippen LogP contribution in [0.5, 0.6) is 0 Å². The first kappa shape index (κ1) is 22.0. The Labute approximate surface area is 195 Å². The molecule has 9 heteroatoms. The molecule has 1 saturated heterocycles. The number of halogens is 1. The van der Waals surface area contributed by atoms with Crippen molar-refractivity contribution in [3.8, 4) is 0 Å². The Morgan fingerprint density at radius 1 is 1.09 bits per heavy atom. The van der Waals surface area contributed by atoms with E-state index in [0.29, 0.717) is 42.0 Å². The summed E-state index contributed by atoms with van der Waals surface area (Å²) in [5, 5.41) is 3.01. The van der Waals surface area contributed by atoms with E-state index < -0.39 is 0 Å². The van der Waals surface area contributed by atoms with Gasteiger partial charge < -0.3 is 9.80 Å². The summed E-state index contributed by atoms with van der Waals surface area (Å²) in [5.74, 6) is 0.681. The summed E-state index contributed by atoms with van der Waals surface area (Å²) >= 11 is 7.26. The van der Waals surface area contributed by atoms with Crippen molar-refractivity contribution in [2.75, 3.05) is 36.0 Å².